The Morgan fingerprint density at radius 3 is 2.63 bits per heavy atom. The lowest BCUT2D eigenvalue weighted by Gasteiger charge is -2.37. The van der Waals surface area contributed by atoms with Crippen molar-refractivity contribution in [1.82, 2.24) is 25.0 Å². The summed E-state index contributed by atoms with van der Waals surface area (Å²) >= 11 is 1.81. The van der Waals surface area contributed by atoms with E-state index in [1.807, 2.05) is 29.9 Å². The molecule has 6 nitrogen and oxygen atoms in total. The van der Waals surface area contributed by atoms with Gasteiger partial charge in [-0.15, -0.1) is 45.5 Å². The Hall–Kier alpha value is -1.16. The minimum atomic E-state index is 0. The fourth-order valence-corrected chi connectivity index (χ4v) is 4.30. The molecule has 1 aliphatic rings. The molecular formula is C19H31IN6S. The minimum absolute atomic E-state index is 0. The minimum Gasteiger partial charge on any atom is -0.356 e. The van der Waals surface area contributed by atoms with Crippen molar-refractivity contribution in [2.75, 3.05) is 19.6 Å². The molecule has 0 amide bonds. The Bertz CT molecular complexity index is 717. The third kappa shape index (κ3) is 6.17. The molecule has 0 aliphatic carbocycles. The molecule has 1 fully saturated rings. The van der Waals surface area contributed by atoms with Gasteiger partial charge in [-0.2, -0.15) is 0 Å². The molecule has 1 aliphatic heterocycles. The largest absolute Gasteiger partial charge is 0.356 e. The second-order valence-electron chi connectivity index (χ2n) is 7.47. The van der Waals surface area contributed by atoms with Gasteiger partial charge in [0, 0.05) is 31.6 Å². The lowest BCUT2D eigenvalue weighted by molar-refractivity contribution is 0.208. The van der Waals surface area contributed by atoms with Gasteiger partial charge in [0.15, 0.2) is 11.8 Å². The van der Waals surface area contributed by atoms with Gasteiger partial charge in [-0.05, 0) is 43.0 Å². The molecule has 2 atom stereocenters. The Balaban J connectivity index is 0.00000261. The van der Waals surface area contributed by atoms with E-state index in [9.17, 15) is 0 Å². The molecule has 2 aromatic rings. The number of aliphatic imine (C=N–C) groups is 1. The smallest absolute Gasteiger partial charge is 0.194 e. The van der Waals surface area contributed by atoms with Crippen LogP contribution in [-0.2, 0) is 20.0 Å². The van der Waals surface area contributed by atoms with E-state index in [2.05, 4.69) is 51.8 Å². The Labute approximate surface area is 183 Å². The van der Waals surface area contributed by atoms with Crippen molar-refractivity contribution in [2.45, 2.75) is 40.2 Å². The van der Waals surface area contributed by atoms with Crippen molar-refractivity contribution in [3.05, 3.63) is 34.0 Å². The summed E-state index contributed by atoms with van der Waals surface area (Å²) in [5.41, 5.74) is 0. The quantitative estimate of drug-likeness (QED) is 0.387. The SMILES string of the molecule is Cc1nnc(CN=C(NCCc2cccs2)N2CC(C)CC(C)C2)n1C.I. The number of nitrogens with zero attached hydrogens (tertiary/aromatic N) is 5. The first-order valence-electron chi connectivity index (χ1n) is 9.43. The molecule has 27 heavy (non-hydrogen) atoms. The normalized spacial score (nSPS) is 20.4. The predicted octanol–water partition coefficient (Wildman–Crippen LogP) is 3.47. The van der Waals surface area contributed by atoms with Crippen LogP contribution in [0, 0.1) is 18.8 Å². The molecule has 1 N–H and O–H groups in total. The summed E-state index contributed by atoms with van der Waals surface area (Å²) < 4.78 is 2.01. The van der Waals surface area contributed by atoms with E-state index in [1.54, 1.807) is 0 Å². The monoisotopic (exact) mass is 502 g/mol. The molecule has 0 spiro atoms. The van der Waals surface area contributed by atoms with Gasteiger partial charge in [0.1, 0.15) is 12.4 Å². The molecule has 0 radical (unpaired) electrons. The average molecular weight is 502 g/mol. The zero-order chi connectivity index (χ0) is 18.5. The summed E-state index contributed by atoms with van der Waals surface area (Å²) in [4.78, 5) is 8.71. The third-order valence-electron chi connectivity index (χ3n) is 4.96. The summed E-state index contributed by atoms with van der Waals surface area (Å²) in [6.07, 6.45) is 2.32. The van der Waals surface area contributed by atoms with Crippen LogP contribution in [0.5, 0.6) is 0 Å². The van der Waals surface area contributed by atoms with Crippen molar-refractivity contribution < 1.29 is 0 Å². The molecule has 8 heteroatoms. The van der Waals surface area contributed by atoms with E-state index in [0.29, 0.717) is 18.4 Å². The van der Waals surface area contributed by atoms with Gasteiger partial charge >= 0.3 is 0 Å². The van der Waals surface area contributed by atoms with Gasteiger partial charge in [-0.3, -0.25) is 0 Å². The summed E-state index contributed by atoms with van der Waals surface area (Å²) in [6.45, 7) is 10.2. The number of thiophene rings is 1. The Morgan fingerprint density at radius 1 is 1.30 bits per heavy atom. The topological polar surface area (TPSA) is 58.3 Å². The zero-order valence-electron chi connectivity index (χ0n) is 16.7. The highest BCUT2D eigenvalue weighted by molar-refractivity contribution is 14.0. The van der Waals surface area contributed by atoms with E-state index in [-0.39, 0.29) is 24.0 Å². The van der Waals surface area contributed by atoms with Gasteiger partial charge in [0.2, 0.25) is 0 Å². The van der Waals surface area contributed by atoms with Crippen LogP contribution in [0.4, 0.5) is 0 Å². The van der Waals surface area contributed by atoms with Gasteiger partial charge < -0.3 is 14.8 Å². The lowest BCUT2D eigenvalue weighted by Crippen LogP contribution is -2.49. The second kappa shape index (κ2) is 10.4. The second-order valence-corrected chi connectivity index (χ2v) is 8.50. The number of hydrogen-bond acceptors (Lipinski definition) is 4. The van der Waals surface area contributed by atoms with E-state index in [1.165, 1.54) is 11.3 Å². The number of halogens is 1. The van der Waals surface area contributed by atoms with E-state index in [0.717, 1.165) is 43.7 Å². The molecule has 0 saturated carbocycles. The lowest BCUT2D eigenvalue weighted by atomic mass is 9.92. The first kappa shape index (κ1) is 22.1. The van der Waals surface area contributed by atoms with Gasteiger partial charge in [0.25, 0.3) is 0 Å². The molecular weight excluding hydrogens is 471 g/mol. The number of rotatable bonds is 5. The maximum absolute atomic E-state index is 4.89. The van der Waals surface area contributed by atoms with Crippen LogP contribution in [0.2, 0.25) is 0 Å². The van der Waals surface area contributed by atoms with Crippen molar-refractivity contribution in [2.24, 2.45) is 23.9 Å². The highest BCUT2D eigenvalue weighted by Gasteiger charge is 2.24. The standard InChI is InChI=1S/C19H30N6S.HI/c1-14-10-15(2)13-25(12-14)19(20-8-7-17-6-5-9-26-17)21-11-18-23-22-16(3)24(18)4;/h5-6,9,14-15H,7-8,10-13H2,1-4H3,(H,20,21);1H. The molecule has 0 aromatic carbocycles. The summed E-state index contributed by atoms with van der Waals surface area (Å²) in [6, 6.07) is 4.30. The van der Waals surface area contributed by atoms with Crippen LogP contribution in [-0.4, -0.2) is 45.3 Å². The first-order valence-corrected chi connectivity index (χ1v) is 10.3. The molecule has 150 valence electrons. The van der Waals surface area contributed by atoms with Crippen molar-refractivity contribution in [3.8, 4) is 0 Å². The summed E-state index contributed by atoms with van der Waals surface area (Å²) in [7, 11) is 2.00. The van der Waals surface area contributed by atoms with Gasteiger partial charge in [-0.25, -0.2) is 4.99 Å². The number of aryl methyl sites for hydroxylation is 1. The summed E-state index contributed by atoms with van der Waals surface area (Å²) in [5.74, 6) is 4.21. The number of nitrogens with one attached hydrogen (secondary N) is 1. The maximum Gasteiger partial charge on any atom is 0.194 e. The number of piperidine rings is 1. The highest BCUT2D eigenvalue weighted by Crippen LogP contribution is 2.21. The number of likely N-dealkylation sites (tertiary alicyclic amines) is 1. The van der Waals surface area contributed by atoms with E-state index < -0.39 is 0 Å². The van der Waals surface area contributed by atoms with Crippen molar-refractivity contribution >= 4 is 41.3 Å². The molecule has 2 unspecified atom stereocenters. The van der Waals surface area contributed by atoms with Crippen LogP contribution in [0.1, 0.15) is 36.8 Å². The third-order valence-corrected chi connectivity index (χ3v) is 5.89. The summed E-state index contributed by atoms with van der Waals surface area (Å²) in [5, 5.41) is 14.1. The van der Waals surface area contributed by atoms with Crippen molar-refractivity contribution in [1.29, 1.82) is 0 Å². The number of guanidine groups is 1. The van der Waals surface area contributed by atoms with Gasteiger partial charge in [0.05, 0.1) is 0 Å². The fourth-order valence-electron chi connectivity index (χ4n) is 3.59. The van der Waals surface area contributed by atoms with Crippen LogP contribution in [0.3, 0.4) is 0 Å². The Kier molecular flexibility index (Phi) is 8.53. The van der Waals surface area contributed by atoms with Crippen LogP contribution in [0.15, 0.2) is 22.5 Å². The van der Waals surface area contributed by atoms with Gasteiger partial charge in [-0.1, -0.05) is 19.9 Å². The molecule has 0 bridgehead atoms. The molecule has 2 aromatic heterocycles. The Morgan fingerprint density at radius 2 is 2.04 bits per heavy atom. The van der Waals surface area contributed by atoms with E-state index in [4.69, 9.17) is 4.99 Å². The van der Waals surface area contributed by atoms with E-state index >= 15 is 0 Å². The van der Waals surface area contributed by atoms with Crippen molar-refractivity contribution in [3.63, 3.8) is 0 Å². The fraction of sp³-hybridized carbons (Fsp3) is 0.632. The van der Waals surface area contributed by atoms with Crippen LogP contribution >= 0.6 is 35.3 Å². The maximum atomic E-state index is 4.89. The first-order chi connectivity index (χ1) is 12.5. The predicted molar refractivity (Wildman–Crippen MR) is 123 cm³/mol. The molecule has 3 rings (SSSR count). The highest BCUT2D eigenvalue weighted by atomic mass is 127. The zero-order valence-corrected chi connectivity index (χ0v) is 19.8. The number of aromatic nitrogens is 3. The molecule has 1 saturated heterocycles. The molecule has 3 heterocycles. The average Bonchev–Trinajstić information content (AvgIpc) is 3.21. The van der Waals surface area contributed by atoms with Crippen LogP contribution in [0.25, 0.3) is 0 Å². The number of hydrogen-bond donors (Lipinski definition) is 1. The van der Waals surface area contributed by atoms with Crippen LogP contribution < -0.4 is 5.32 Å².